The Morgan fingerprint density at radius 1 is 1.37 bits per heavy atom. The van der Waals surface area contributed by atoms with Gasteiger partial charge in [0.05, 0.1) is 0 Å². The molecule has 19 heavy (non-hydrogen) atoms. The van der Waals surface area contributed by atoms with E-state index in [0.717, 1.165) is 33.8 Å². The van der Waals surface area contributed by atoms with Crippen molar-refractivity contribution in [3.05, 3.63) is 33.3 Å². The molecule has 1 nitrogen and oxygen atoms in total. The molecule has 104 valence electrons. The van der Waals surface area contributed by atoms with Gasteiger partial charge in [-0.25, -0.2) is 0 Å². The van der Waals surface area contributed by atoms with Crippen molar-refractivity contribution >= 4 is 27.5 Å². The van der Waals surface area contributed by atoms with Gasteiger partial charge in [-0.2, -0.15) is 0 Å². The molecule has 0 aromatic heterocycles. The molecule has 0 heterocycles. The largest absolute Gasteiger partial charge is 0.310 e. The van der Waals surface area contributed by atoms with Crippen LogP contribution in [0.4, 0.5) is 0 Å². The van der Waals surface area contributed by atoms with Crippen molar-refractivity contribution in [2.24, 2.45) is 17.8 Å². The first-order valence-corrected chi connectivity index (χ1v) is 8.48. The Hall–Kier alpha value is -0.0500. The molecule has 3 heteroatoms. The lowest BCUT2D eigenvalue weighted by molar-refractivity contribution is 0.259. The first-order chi connectivity index (χ1) is 9.13. The van der Waals surface area contributed by atoms with Crippen molar-refractivity contribution in [2.45, 2.75) is 45.2 Å². The molecule has 2 aliphatic carbocycles. The van der Waals surface area contributed by atoms with E-state index in [9.17, 15) is 0 Å². The lowest BCUT2D eigenvalue weighted by atomic mass is 9.84. The number of benzene rings is 1. The Bertz CT molecular complexity index is 462. The summed E-state index contributed by atoms with van der Waals surface area (Å²) in [6.45, 7) is 3.21. The molecule has 0 spiro atoms. The maximum atomic E-state index is 6.24. The standard InChI is InChI=1S/C16H21BrClN/c1-10(15-7-11-2-3-12(15)6-11)19-9-13-8-14(17)4-5-16(13)18/h4-5,8,10-12,15,19H,2-3,6-7,9H2,1H3. The summed E-state index contributed by atoms with van der Waals surface area (Å²) in [5, 5.41) is 4.55. The van der Waals surface area contributed by atoms with Crippen LogP contribution in [0, 0.1) is 17.8 Å². The Labute approximate surface area is 129 Å². The summed E-state index contributed by atoms with van der Waals surface area (Å²) in [5.74, 6) is 2.88. The van der Waals surface area contributed by atoms with Crippen LogP contribution >= 0.6 is 27.5 Å². The minimum atomic E-state index is 0.602. The zero-order chi connectivity index (χ0) is 13.4. The molecule has 0 aliphatic heterocycles. The number of nitrogens with one attached hydrogen (secondary N) is 1. The second-order valence-corrected chi connectivity index (χ2v) is 7.57. The Balaban J connectivity index is 1.58. The highest BCUT2D eigenvalue weighted by Gasteiger charge is 2.41. The molecule has 2 saturated carbocycles. The van der Waals surface area contributed by atoms with E-state index in [4.69, 9.17) is 11.6 Å². The van der Waals surface area contributed by atoms with Gasteiger partial charge in [0, 0.05) is 22.1 Å². The Morgan fingerprint density at radius 3 is 2.89 bits per heavy atom. The van der Waals surface area contributed by atoms with E-state index in [0.29, 0.717) is 6.04 Å². The molecule has 0 radical (unpaired) electrons. The summed E-state index contributed by atoms with van der Waals surface area (Å²) in [6, 6.07) is 6.67. The molecule has 2 fully saturated rings. The van der Waals surface area contributed by atoms with Gasteiger partial charge in [0.15, 0.2) is 0 Å². The van der Waals surface area contributed by atoms with Crippen LogP contribution in [0.1, 0.15) is 38.2 Å². The summed E-state index contributed by atoms with van der Waals surface area (Å²) in [5.41, 5.74) is 1.19. The van der Waals surface area contributed by atoms with Crippen LogP contribution < -0.4 is 5.32 Å². The molecule has 2 aliphatic rings. The smallest absolute Gasteiger partial charge is 0.0451 e. The van der Waals surface area contributed by atoms with Crippen LogP contribution in [-0.2, 0) is 6.54 Å². The topological polar surface area (TPSA) is 12.0 Å². The fourth-order valence-electron chi connectivity index (χ4n) is 4.01. The monoisotopic (exact) mass is 341 g/mol. The van der Waals surface area contributed by atoms with Gasteiger partial charge in [-0.1, -0.05) is 34.0 Å². The van der Waals surface area contributed by atoms with Gasteiger partial charge in [0.25, 0.3) is 0 Å². The van der Waals surface area contributed by atoms with E-state index in [1.54, 1.807) is 0 Å². The Morgan fingerprint density at radius 2 is 2.21 bits per heavy atom. The van der Waals surface area contributed by atoms with Crippen molar-refractivity contribution in [1.29, 1.82) is 0 Å². The summed E-state index contributed by atoms with van der Waals surface area (Å²) < 4.78 is 1.10. The van der Waals surface area contributed by atoms with Gasteiger partial charge in [0.1, 0.15) is 0 Å². The predicted octanol–water partition coefficient (Wildman–Crippen LogP) is 5.02. The molecule has 1 N–H and O–H groups in total. The highest BCUT2D eigenvalue weighted by molar-refractivity contribution is 9.10. The van der Waals surface area contributed by atoms with E-state index in [1.165, 1.54) is 31.2 Å². The quantitative estimate of drug-likeness (QED) is 0.810. The fourth-order valence-corrected chi connectivity index (χ4v) is 4.60. The molecular formula is C16H21BrClN. The lowest BCUT2D eigenvalue weighted by Gasteiger charge is -2.28. The second-order valence-electron chi connectivity index (χ2n) is 6.24. The van der Waals surface area contributed by atoms with Crippen molar-refractivity contribution in [3.8, 4) is 0 Å². The lowest BCUT2D eigenvalue weighted by Crippen LogP contribution is -2.35. The summed E-state index contributed by atoms with van der Waals surface area (Å²) in [7, 11) is 0. The minimum Gasteiger partial charge on any atom is -0.310 e. The van der Waals surface area contributed by atoms with Gasteiger partial charge in [-0.3, -0.25) is 0 Å². The van der Waals surface area contributed by atoms with Crippen LogP contribution in [0.25, 0.3) is 0 Å². The van der Waals surface area contributed by atoms with E-state index < -0.39 is 0 Å². The van der Waals surface area contributed by atoms with Gasteiger partial charge in [0.2, 0.25) is 0 Å². The summed E-state index contributed by atoms with van der Waals surface area (Å²) in [4.78, 5) is 0. The first-order valence-electron chi connectivity index (χ1n) is 7.31. The van der Waals surface area contributed by atoms with Crippen molar-refractivity contribution in [1.82, 2.24) is 5.32 Å². The number of rotatable bonds is 4. The summed E-state index contributed by atoms with van der Waals surface area (Å²) in [6.07, 6.45) is 5.85. The fraction of sp³-hybridized carbons (Fsp3) is 0.625. The van der Waals surface area contributed by atoms with Crippen LogP contribution in [0.15, 0.2) is 22.7 Å². The van der Waals surface area contributed by atoms with E-state index in [2.05, 4.69) is 34.2 Å². The third-order valence-electron chi connectivity index (χ3n) is 5.06. The van der Waals surface area contributed by atoms with E-state index in [-0.39, 0.29) is 0 Å². The van der Waals surface area contributed by atoms with Gasteiger partial charge in [-0.05, 0) is 67.7 Å². The normalized spacial score (nSPS) is 30.8. The SMILES string of the molecule is CC(NCc1cc(Br)ccc1Cl)C1CC2CCC1C2. The molecule has 1 aromatic carbocycles. The van der Waals surface area contributed by atoms with Gasteiger partial charge < -0.3 is 5.32 Å². The molecular weight excluding hydrogens is 322 g/mol. The van der Waals surface area contributed by atoms with E-state index in [1.807, 2.05) is 12.1 Å². The number of halogens is 2. The van der Waals surface area contributed by atoms with Gasteiger partial charge >= 0.3 is 0 Å². The molecule has 1 aromatic rings. The summed E-state index contributed by atoms with van der Waals surface area (Å²) >= 11 is 9.75. The first kappa shape index (κ1) is 13.9. The minimum absolute atomic E-state index is 0.602. The average Bonchev–Trinajstić information content (AvgIpc) is 3.02. The highest BCUT2D eigenvalue weighted by atomic mass is 79.9. The van der Waals surface area contributed by atoms with Crippen molar-refractivity contribution in [3.63, 3.8) is 0 Å². The molecule has 4 atom stereocenters. The van der Waals surface area contributed by atoms with Crippen LogP contribution in [0.5, 0.6) is 0 Å². The predicted molar refractivity (Wildman–Crippen MR) is 84.4 cm³/mol. The van der Waals surface area contributed by atoms with Crippen LogP contribution in [-0.4, -0.2) is 6.04 Å². The van der Waals surface area contributed by atoms with Crippen LogP contribution in [0.3, 0.4) is 0 Å². The van der Waals surface area contributed by atoms with Crippen molar-refractivity contribution in [2.75, 3.05) is 0 Å². The molecule has 0 amide bonds. The third kappa shape index (κ3) is 3.01. The average molecular weight is 343 g/mol. The number of hydrogen-bond donors (Lipinski definition) is 1. The maximum absolute atomic E-state index is 6.24. The van der Waals surface area contributed by atoms with Crippen LogP contribution in [0.2, 0.25) is 5.02 Å². The molecule has 3 rings (SSSR count). The second kappa shape index (κ2) is 5.75. The number of hydrogen-bond acceptors (Lipinski definition) is 1. The third-order valence-corrected chi connectivity index (χ3v) is 5.92. The zero-order valence-electron chi connectivity index (χ0n) is 11.3. The molecule has 2 bridgehead atoms. The Kier molecular flexibility index (Phi) is 4.21. The van der Waals surface area contributed by atoms with Crippen molar-refractivity contribution < 1.29 is 0 Å². The zero-order valence-corrected chi connectivity index (χ0v) is 13.7. The van der Waals surface area contributed by atoms with Gasteiger partial charge in [-0.15, -0.1) is 0 Å². The molecule has 4 unspecified atom stereocenters. The maximum Gasteiger partial charge on any atom is 0.0451 e. The molecule has 0 saturated heterocycles. The highest BCUT2D eigenvalue weighted by Crippen LogP contribution is 2.49. The van der Waals surface area contributed by atoms with E-state index >= 15 is 0 Å². The number of fused-ring (bicyclic) bond motifs is 2.